The van der Waals surface area contributed by atoms with Crippen LogP contribution >= 0.6 is 23.2 Å². The minimum absolute atomic E-state index is 0.0628. The molecule has 4 nitrogen and oxygen atoms in total. The fourth-order valence-corrected chi connectivity index (χ4v) is 4.48. The first kappa shape index (κ1) is 25.3. The van der Waals surface area contributed by atoms with E-state index in [1.165, 1.54) is 0 Å². The SMILES string of the molecule is CC(C)C(=O)NCc1ccc(C2=NOC(c3cc(Cl)c(F)c(Cl)c3)(C(F)(F)F)C2)c2ccccc12. The topological polar surface area (TPSA) is 50.7 Å². The summed E-state index contributed by atoms with van der Waals surface area (Å²) >= 11 is 11.6. The highest BCUT2D eigenvalue weighted by molar-refractivity contribution is 6.35. The molecule has 10 heteroatoms. The van der Waals surface area contributed by atoms with Crippen molar-refractivity contribution in [1.29, 1.82) is 0 Å². The standard InChI is InChI=1S/C25H20Cl2F4N2O2/c1-13(2)23(34)32-12-14-7-8-18(17-6-4-3-5-16(14)17)21-11-24(35-33-21,25(29,30)31)15-9-19(26)22(28)20(27)10-15/h3-10,13H,11-12H2,1-2H3,(H,32,34). The summed E-state index contributed by atoms with van der Waals surface area (Å²) < 4.78 is 57.0. The van der Waals surface area contributed by atoms with E-state index in [0.717, 1.165) is 23.1 Å². The van der Waals surface area contributed by atoms with Gasteiger partial charge in [-0.15, -0.1) is 0 Å². The third kappa shape index (κ3) is 4.57. The molecule has 0 saturated carbocycles. The molecule has 1 atom stereocenters. The number of nitrogens with one attached hydrogen (secondary N) is 1. The summed E-state index contributed by atoms with van der Waals surface area (Å²) in [6, 6.07) is 12.2. The molecule has 4 rings (SSSR count). The number of oxime groups is 1. The van der Waals surface area contributed by atoms with Crippen LogP contribution in [0.4, 0.5) is 17.6 Å². The van der Waals surface area contributed by atoms with E-state index < -0.39 is 39.6 Å². The van der Waals surface area contributed by atoms with Crippen LogP contribution < -0.4 is 5.32 Å². The Morgan fingerprint density at radius 3 is 2.34 bits per heavy atom. The third-order valence-corrected chi connectivity index (χ3v) is 6.49. The molecule has 3 aromatic carbocycles. The van der Waals surface area contributed by atoms with Crippen molar-refractivity contribution in [3.8, 4) is 0 Å². The maximum absolute atomic E-state index is 14.4. The number of amides is 1. The lowest BCUT2D eigenvalue weighted by Gasteiger charge is -2.29. The molecular weight excluding hydrogens is 507 g/mol. The Morgan fingerprint density at radius 2 is 1.74 bits per heavy atom. The van der Waals surface area contributed by atoms with E-state index in [-0.39, 0.29) is 24.1 Å². The van der Waals surface area contributed by atoms with Crippen LogP contribution in [0.3, 0.4) is 0 Å². The van der Waals surface area contributed by atoms with Gasteiger partial charge < -0.3 is 10.2 Å². The van der Waals surface area contributed by atoms with E-state index in [0.29, 0.717) is 10.9 Å². The van der Waals surface area contributed by atoms with Crippen LogP contribution in [0.25, 0.3) is 10.8 Å². The zero-order valence-corrected chi connectivity index (χ0v) is 20.2. The van der Waals surface area contributed by atoms with Gasteiger partial charge in [0, 0.05) is 30.0 Å². The van der Waals surface area contributed by atoms with Gasteiger partial charge in [-0.3, -0.25) is 4.79 Å². The summed E-state index contributed by atoms with van der Waals surface area (Å²) in [5.41, 5.74) is -2.01. The summed E-state index contributed by atoms with van der Waals surface area (Å²) in [6.45, 7) is 3.83. The maximum atomic E-state index is 14.4. The highest BCUT2D eigenvalue weighted by atomic mass is 35.5. The van der Waals surface area contributed by atoms with Crippen LogP contribution in [-0.2, 0) is 21.8 Å². The molecule has 1 aliphatic rings. The summed E-state index contributed by atoms with van der Waals surface area (Å²) in [5.74, 6) is -1.31. The average Bonchev–Trinajstić information content (AvgIpc) is 3.27. The second-order valence-corrected chi connectivity index (χ2v) is 9.39. The fraction of sp³-hybridized carbons (Fsp3) is 0.280. The minimum atomic E-state index is -4.90. The second-order valence-electron chi connectivity index (χ2n) is 8.58. The Kier molecular flexibility index (Phi) is 6.72. The van der Waals surface area contributed by atoms with E-state index in [1.54, 1.807) is 44.2 Å². The zero-order valence-electron chi connectivity index (χ0n) is 18.6. The lowest BCUT2D eigenvalue weighted by Crippen LogP contribution is -2.42. The van der Waals surface area contributed by atoms with Gasteiger partial charge in [-0.1, -0.05) is 78.6 Å². The molecule has 0 aliphatic carbocycles. The molecule has 184 valence electrons. The fourth-order valence-electron chi connectivity index (χ4n) is 3.99. The third-order valence-electron chi connectivity index (χ3n) is 5.94. The number of nitrogens with zero attached hydrogens (tertiary/aromatic N) is 1. The van der Waals surface area contributed by atoms with Gasteiger partial charge in [-0.2, -0.15) is 13.2 Å². The van der Waals surface area contributed by atoms with Gasteiger partial charge in [-0.05, 0) is 28.5 Å². The Morgan fingerprint density at radius 1 is 1.11 bits per heavy atom. The molecule has 1 N–H and O–H groups in total. The Bertz CT molecular complexity index is 1320. The van der Waals surface area contributed by atoms with Crippen LogP contribution in [0.2, 0.25) is 10.0 Å². The number of halogens is 6. The van der Waals surface area contributed by atoms with Gasteiger partial charge in [0.15, 0.2) is 5.82 Å². The van der Waals surface area contributed by atoms with Gasteiger partial charge >= 0.3 is 6.18 Å². The average molecular weight is 527 g/mol. The summed E-state index contributed by atoms with van der Waals surface area (Å²) in [5, 5.41) is 6.97. The number of alkyl halides is 3. The largest absolute Gasteiger partial charge is 0.435 e. The van der Waals surface area contributed by atoms with E-state index in [4.69, 9.17) is 28.0 Å². The predicted octanol–water partition coefficient (Wildman–Crippen LogP) is 7.14. The molecule has 0 radical (unpaired) electrons. The van der Waals surface area contributed by atoms with Crippen molar-refractivity contribution in [2.24, 2.45) is 11.1 Å². The first-order chi connectivity index (χ1) is 16.4. The first-order valence-corrected chi connectivity index (χ1v) is 11.5. The number of carbonyl (C=O) groups is 1. The zero-order chi connectivity index (χ0) is 25.5. The molecule has 35 heavy (non-hydrogen) atoms. The first-order valence-electron chi connectivity index (χ1n) is 10.7. The molecule has 0 spiro atoms. The molecule has 0 bridgehead atoms. The molecule has 0 fully saturated rings. The van der Waals surface area contributed by atoms with Gasteiger partial charge in [-0.25, -0.2) is 4.39 Å². The van der Waals surface area contributed by atoms with E-state index >= 15 is 0 Å². The molecule has 0 saturated heterocycles. The van der Waals surface area contributed by atoms with Crippen molar-refractivity contribution >= 4 is 45.6 Å². The number of fused-ring (bicyclic) bond motifs is 1. The predicted molar refractivity (Wildman–Crippen MR) is 127 cm³/mol. The summed E-state index contributed by atoms with van der Waals surface area (Å²) in [7, 11) is 0. The normalized spacial score (nSPS) is 18.0. The quantitative estimate of drug-likeness (QED) is 0.283. The smallest absolute Gasteiger partial charge is 0.374 e. The van der Waals surface area contributed by atoms with Crippen molar-refractivity contribution < 1.29 is 27.2 Å². The second kappa shape index (κ2) is 9.32. The van der Waals surface area contributed by atoms with E-state index in [1.807, 2.05) is 6.07 Å². The highest BCUT2D eigenvalue weighted by Crippen LogP contribution is 2.50. The molecule has 1 amide bonds. The monoisotopic (exact) mass is 526 g/mol. The molecule has 1 unspecified atom stereocenters. The van der Waals surface area contributed by atoms with Crippen LogP contribution in [-0.4, -0.2) is 17.8 Å². The molecule has 0 aromatic heterocycles. The van der Waals surface area contributed by atoms with Gasteiger partial charge in [0.2, 0.25) is 5.91 Å². The molecule has 1 aliphatic heterocycles. The lowest BCUT2D eigenvalue weighted by atomic mass is 9.85. The molecule has 1 heterocycles. The van der Waals surface area contributed by atoms with Crippen molar-refractivity contribution in [3.63, 3.8) is 0 Å². The van der Waals surface area contributed by atoms with Crippen LogP contribution in [0.5, 0.6) is 0 Å². The number of benzene rings is 3. The summed E-state index contributed by atoms with van der Waals surface area (Å²) in [6.07, 6.45) is -5.57. The van der Waals surface area contributed by atoms with Crippen LogP contribution in [0.15, 0.2) is 53.7 Å². The van der Waals surface area contributed by atoms with Crippen molar-refractivity contribution in [3.05, 3.63) is 81.1 Å². The van der Waals surface area contributed by atoms with Gasteiger partial charge in [0.1, 0.15) is 0 Å². The van der Waals surface area contributed by atoms with Crippen molar-refractivity contribution in [2.75, 3.05) is 0 Å². The number of carbonyl (C=O) groups excluding carboxylic acids is 1. The van der Waals surface area contributed by atoms with Gasteiger partial charge in [0.05, 0.1) is 15.8 Å². The Labute approximate surface area is 208 Å². The van der Waals surface area contributed by atoms with E-state index in [2.05, 4.69) is 10.5 Å². The van der Waals surface area contributed by atoms with Crippen molar-refractivity contribution in [1.82, 2.24) is 5.32 Å². The Hall–Kier alpha value is -2.84. The lowest BCUT2D eigenvalue weighted by molar-refractivity contribution is -0.275. The number of hydrogen-bond donors (Lipinski definition) is 1. The maximum Gasteiger partial charge on any atom is 0.435 e. The van der Waals surface area contributed by atoms with E-state index in [9.17, 15) is 22.4 Å². The number of hydrogen-bond acceptors (Lipinski definition) is 3. The van der Waals surface area contributed by atoms with Crippen LogP contribution in [0, 0.1) is 11.7 Å². The highest BCUT2D eigenvalue weighted by Gasteiger charge is 2.62. The van der Waals surface area contributed by atoms with Gasteiger partial charge in [0.25, 0.3) is 5.60 Å². The van der Waals surface area contributed by atoms with Crippen LogP contribution in [0.1, 0.15) is 37.0 Å². The number of rotatable bonds is 5. The summed E-state index contributed by atoms with van der Waals surface area (Å²) in [4.78, 5) is 17.1. The Balaban J connectivity index is 1.74. The van der Waals surface area contributed by atoms with Crippen molar-refractivity contribution in [2.45, 2.75) is 38.6 Å². The molecular formula is C25H20Cl2F4N2O2. The molecule has 3 aromatic rings. The minimum Gasteiger partial charge on any atom is -0.374 e.